The summed E-state index contributed by atoms with van der Waals surface area (Å²) in [5.74, 6) is 0. The first-order valence-electron chi connectivity index (χ1n) is 5.11. The maximum absolute atomic E-state index is 5.76. The Labute approximate surface area is 94.5 Å². The van der Waals surface area contributed by atoms with Gasteiger partial charge in [0.05, 0.1) is 12.2 Å². The zero-order valence-corrected chi connectivity index (χ0v) is 9.14. The maximum atomic E-state index is 5.76. The lowest BCUT2D eigenvalue weighted by atomic mass is 10.2. The van der Waals surface area contributed by atoms with Crippen molar-refractivity contribution in [3.05, 3.63) is 47.8 Å². The minimum absolute atomic E-state index is 0.650. The van der Waals surface area contributed by atoms with Crippen LogP contribution < -0.4 is 11.1 Å². The molecule has 1 heterocycles. The molecule has 0 aliphatic rings. The number of hydrogen-bond acceptors (Lipinski definition) is 4. The van der Waals surface area contributed by atoms with Crippen LogP contribution in [0.4, 0.5) is 11.4 Å². The first-order chi connectivity index (χ1) is 7.74. The Kier molecular flexibility index (Phi) is 3.00. The van der Waals surface area contributed by atoms with Gasteiger partial charge < -0.3 is 11.1 Å². The van der Waals surface area contributed by atoms with E-state index >= 15 is 0 Å². The smallest absolute Gasteiger partial charge is 0.0821 e. The van der Waals surface area contributed by atoms with Gasteiger partial charge in [-0.3, -0.25) is 0 Å². The molecule has 0 saturated heterocycles. The number of anilines is 2. The van der Waals surface area contributed by atoms with Gasteiger partial charge in [-0.2, -0.15) is 10.2 Å². The fourth-order valence-corrected chi connectivity index (χ4v) is 1.54. The molecule has 2 aromatic rings. The van der Waals surface area contributed by atoms with Crippen molar-refractivity contribution in [2.75, 3.05) is 11.1 Å². The molecule has 3 N–H and O–H groups in total. The van der Waals surface area contributed by atoms with E-state index in [0.717, 1.165) is 22.6 Å². The molecule has 1 aromatic heterocycles. The highest BCUT2D eigenvalue weighted by molar-refractivity contribution is 5.56. The lowest BCUT2D eigenvalue weighted by molar-refractivity contribution is 0.925. The summed E-state index contributed by atoms with van der Waals surface area (Å²) in [7, 11) is 0. The van der Waals surface area contributed by atoms with Gasteiger partial charge in [0.1, 0.15) is 0 Å². The lowest BCUT2D eigenvalue weighted by Gasteiger charge is -2.07. The number of benzene rings is 1. The molecule has 1 aromatic carbocycles. The molecule has 0 atom stereocenters. The van der Waals surface area contributed by atoms with Gasteiger partial charge in [-0.1, -0.05) is 0 Å². The molecule has 0 unspecified atom stereocenters. The van der Waals surface area contributed by atoms with E-state index in [1.54, 1.807) is 6.20 Å². The predicted molar refractivity (Wildman–Crippen MR) is 65.0 cm³/mol. The van der Waals surface area contributed by atoms with Crippen LogP contribution in [0, 0.1) is 6.92 Å². The topological polar surface area (TPSA) is 63.8 Å². The van der Waals surface area contributed by atoms with E-state index in [-0.39, 0.29) is 0 Å². The highest BCUT2D eigenvalue weighted by Crippen LogP contribution is 2.16. The predicted octanol–water partition coefficient (Wildman–Crippen LogP) is 1.98. The summed E-state index contributed by atoms with van der Waals surface area (Å²) < 4.78 is 0. The summed E-state index contributed by atoms with van der Waals surface area (Å²) in [5.41, 5.74) is 9.57. The van der Waals surface area contributed by atoms with Gasteiger partial charge in [0.15, 0.2) is 0 Å². The van der Waals surface area contributed by atoms with Crippen LogP contribution in [0.5, 0.6) is 0 Å². The zero-order valence-electron chi connectivity index (χ0n) is 9.14. The number of nitrogens with zero attached hydrogens (tertiary/aromatic N) is 2. The molecule has 0 amide bonds. The first-order valence-corrected chi connectivity index (χ1v) is 5.11. The van der Waals surface area contributed by atoms with E-state index in [1.807, 2.05) is 37.3 Å². The monoisotopic (exact) mass is 214 g/mol. The molecule has 16 heavy (non-hydrogen) atoms. The number of nitrogens with two attached hydrogens (primary N) is 1. The first kappa shape index (κ1) is 10.4. The third-order valence-corrected chi connectivity index (χ3v) is 2.20. The maximum Gasteiger partial charge on any atom is 0.0821 e. The van der Waals surface area contributed by atoms with Gasteiger partial charge in [-0.25, -0.2) is 0 Å². The van der Waals surface area contributed by atoms with Crippen LogP contribution in [-0.2, 0) is 6.54 Å². The van der Waals surface area contributed by atoms with Gasteiger partial charge in [-0.15, -0.1) is 0 Å². The van der Waals surface area contributed by atoms with Gasteiger partial charge in [-0.05, 0) is 42.8 Å². The van der Waals surface area contributed by atoms with Crippen LogP contribution >= 0.6 is 0 Å². The van der Waals surface area contributed by atoms with E-state index in [2.05, 4.69) is 15.5 Å². The second kappa shape index (κ2) is 4.61. The van der Waals surface area contributed by atoms with Crippen molar-refractivity contribution in [3.8, 4) is 0 Å². The fourth-order valence-electron chi connectivity index (χ4n) is 1.54. The summed E-state index contributed by atoms with van der Waals surface area (Å²) in [6.07, 6.45) is 1.66. The number of hydrogen-bond donors (Lipinski definition) is 2. The third kappa shape index (κ3) is 2.70. The molecule has 2 rings (SSSR count). The van der Waals surface area contributed by atoms with Crippen molar-refractivity contribution in [3.63, 3.8) is 0 Å². The molecular weight excluding hydrogens is 200 g/mol. The van der Waals surface area contributed by atoms with E-state index in [0.29, 0.717) is 6.54 Å². The fraction of sp³-hybridized carbons (Fsp3) is 0.167. The van der Waals surface area contributed by atoms with Crippen molar-refractivity contribution in [2.45, 2.75) is 13.5 Å². The highest BCUT2D eigenvalue weighted by Gasteiger charge is 1.97. The van der Waals surface area contributed by atoms with E-state index in [1.165, 1.54) is 0 Å². The third-order valence-electron chi connectivity index (χ3n) is 2.20. The molecule has 4 nitrogen and oxygen atoms in total. The molecular formula is C12H14N4. The van der Waals surface area contributed by atoms with E-state index in [9.17, 15) is 0 Å². The quantitative estimate of drug-likeness (QED) is 0.767. The molecule has 0 radical (unpaired) electrons. The van der Waals surface area contributed by atoms with Crippen LogP contribution in [0.15, 0.2) is 36.5 Å². The summed E-state index contributed by atoms with van der Waals surface area (Å²) in [4.78, 5) is 0. The van der Waals surface area contributed by atoms with Crippen LogP contribution in [0.1, 0.15) is 11.3 Å². The Hall–Kier alpha value is -2.10. The van der Waals surface area contributed by atoms with Crippen LogP contribution in [0.3, 0.4) is 0 Å². The van der Waals surface area contributed by atoms with E-state index < -0.39 is 0 Å². The summed E-state index contributed by atoms with van der Waals surface area (Å²) in [5, 5.41) is 11.1. The minimum atomic E-state index is 0.650. The number of nitrogens with one attached hydrogen (secondary N) is 1. The van der Waals surface area contributed by atoms with Crippen LogP contribution in [0.2, 0.25) is 0 Å². The van der Waals surface area contributed by atoms with Gasteiger partial charge in [0.2, 0.25) is 0 Å². The number of aryl methyl sites for hydroxylation is 1. The molecule has 82 valence electrons. The van der Waals surface area contributed by atoms with Crippen molar-refractivity contribution >= 4 is 11.4 Å². The molecule has 0 bridgehead atoms. The Morgan fingerprint density at radius 2 is 2.19 bits per heavy atom. The highest BCUT2D eigenvalue weighted by atomic mass is 15.1. The average molecular weight is 214 g/mol. The SMILES string of the molecule is Cc1cc(N)cc(NCc2cccnn2)c1. The Bertz CT molecular complexity index is 447. The number of aromatic nitrogens is 2. The van der Waals surface area contributed by atoms with Gasteiger partial charge in [0, 0.05) is 17.6 Å². The van der Waals surface area contributed by atoms with Crippen molar-refractivity contribution in [1.29, 1.82) is 0 Å². The van der Waals surface area contributed by atoms with Crippen LogP contribution in [-0.4, -0.2) is 10.2 Å². The zero-order chi connectivity index (χ0) is 11.4. The normalized spacial score (nSPS) is 10.1. The molecule has 0 aliphatic heterocycles. The Morgan fingerprint density at radius 3 is 2.88 bits per heavy atom. The van der Waals surface area contributed by atoms with Gasteiger partial charge in [0.25, 0.3) is 0 Å². The standard InChI is InChI=1S/C12H14N4/c1-9-5-10(13)7-12(6-9)14-8-11-3-2-4-15-16-11/h2-7,14H,8,13H2,1H3. The average Bonchev–Trinajstić information content (AvgIpc) is 2.27. The Morgan fingerprint density at radius 1 is 1.31 bits per heavy atom. The molecule has 0 spiro atoms. The van der Waals surface area contributed by atoms with Crippen molar-refractivity contribution in [1.82, 2.24) is 10.2 Å². The lowest BCUT2D eigenvalue weighted by Crippen LogP contribution is -2.02. The van der Waals surface area contributed by atoms with Crippen molar-refractivity contribution in [2.24, 2.45) is 0 Å². The number of rotatable bonds is 3. The summed E-state index contributed by atoms with van der Waals surface area (Å²) >= 11 is 0. The summed E-state index contributed by atoms with van der Waals surface area (Å²) in [6, 6.07) is 9.69. The second-order valence-electron chi connectivity index (χ2n) is 3.70. The number of nitrogen functional groups attached to an aromatic ring is 1. The molecule has 4 heteroatoms. The van der Waals surface area contributed by atoms with E-state index in [4.69, 9.17) is 5.73 Å². The largest absolute Gasteiger partial charge is 0.399 e. The van der Waals surface area contributed by atoms with Crippen LogP contribution in [0.25, 0.3) is 0 Å². The summed E-state index contributed by atoms with van der Waals surface area (Å²) in [6.45, 7) is 2.67. The Balaban J connectivity index is 2.05. The second-order valence-corrected chi connectivity index (χ2v) is 3.70. The minimum Gasteiger partial charge on any atom is -0.399 e. The van der Waals surface area contributed by atoms with Gasteiger partial charge >= 0.3 is 0 Å². The molecule has 0 fully saturated rings. The molecule has 0 aliphatic carbocycles. The molecule has 0 saturated carbocycles. The van der Waals surface area contributed by atoms with Crippen molar-refractivity contribution < 1.29 is 0 Å².